The quantitative estimate of drug-likeness (QED) is 0.0284. The third-order valence-corrected chi connectivity index (χ3v) is 9.65. The Morgan fingerprint density at radius 1 is 0.647 bits per heavy atom. The first-order valence-electron chi connectivity index (χ1n) is 20.4. The zero-order valence-corrected chi connectivity index (χ0v) is 33.5. The molecule has 0 rings (SSSR count). The molecule has 0 radical (unpaired) electrons. The van der Waals surface area contributed by atoms with Crippen molar-refractivity contribution < 1.29 is 28.4 Å². The van der Waals surface area contributed by atoms with Crippen molar-refractivity contribution in [3.05, 3.63) is 60.8 Å². The Bertz CT molecular complexity index is 980. The highest BCUT2D eigenvalue weighted by atomic mass is 31.2. The number of aliphatic hydroxyl groups is 1. The fraction of sp³-hybridized carbons (Fsp3) is 0.738. The minimum absolute atomic E-state index is 0.0727. The lowest BCUT2D eigenvalue weighted by Gasteiger charge is -2.25. The second-order valence-electron chi connectivity index (χ2n) is 13.5. The number of aliphatic hydroxyl groups excluding tert-OH is 1. The molecular formula is C42H77N2O6P. The van der Waals surface area contributed by atoms with E-state index in [1.807, 2.05) is 6.08 Å². The molecule has 0 aromatic carbocycles. The summed E-state index contributed by atoms with van der Waals surface area (Å²) in [5, 5.41) is 13.7. The van der Waals surface area contributed by atoms with E-state index in [-0.39, 0.29) is 32.1 Å². The molecular weight excluding hydrogens is 659 g/mol. The molecule has 0 aliphatic heterocycles. The van der Waals surface area contributed by atoms with Crippen LogP contribution in [0.15, 0.2) is 60.8 Å². The molecule has 3 atom stereocenters. The van der Waals surface area contributed by atoms with Gasteiger partial charge in [0.05, 0.1) is 25.4 Å². The van der Waals surface area contributed by atoms with E-state index in [9.17, 15) is 19.4 Å². The summed E-state index contributed by atoms with van der Waals surface area (Å²) in [4.78, 5) is 22.6. The standard InChI is InChI=1S/C42H77N2O6P/c1-3-5-7-9-11-13-15-17-19-20-22-23-25-27-29-31-33-35-41(45)40(39-50-51(47,48)49-38-37-43)44-42(46)36-34-32-30-28-26-24-21-18-16-14-12-10-8-6-4-2/h6,8,12,14,18,21,26,28,32,34,40-41,45H,3-5,7,9-11,13,15-17,19-20,22-25,27,29-31,33,35-39,43H2,1-2H3,(H,44,46)(H,47,48)/b8-6-,14-12-,21-18-,28-26-,34-32-. The van der Waals surface area contributed by atoms with Crippen molar-refractivity contribution in [2.75, 3.05) is 19.8 Å². The first kappa shape index (κ1) is 49.2. The number of nitrogens with two attached hydrogens (primary N) is 1. The third kappa shape index (κ3) is 36.4. The van der Waals surface area contributed by atoms with Crippen LogP contribution >= 0.6 is 7.82 Å². The molecule has 0 saturated heterocycles. The molecule has 0 aliphatic carbocycles. The third-order valence-electron chi connectivity index (χ3n) is 8.66. The number of amides is 1. The van der Waals surface area contributed by atoms with E-state index in [4.69, 9.17) is 14.8 Å². The number of phosphoric ester groups is 1. The monoisotopic (exact) mass is 737 g/mol. The normalized spacial score (nSPS) is 14.8. The summed E-state index contributed by atoms with van der Waals surface area (Å²) in [7, 11) is -4.34. The van der Waals surface area contributed by atoms with Crippen LogP contribution in [0, 0.1) is 0 Å². The molecule has 0 aromatic heterocycles. The summed E-state index contributed by atoms with van der Waals surface area (Å²) in [5.41, 5.74) is 5.36. The molecule has 0 heterocycles. The topological polar surface area (TPSA) is 131 Å². The molecule has 3 unspecified atom stereocenters. The van der Waals surface area contributed by atoms with Crippen molar-refractivity contribution in [2.45, 2.75) is 180 Å². The molecule has 5 N–H and O–H groups in total. The number of carbonyl (C=O) groups is 1. The number of hydrogen-bond acceptors (Lipinski definition) is 6. The average Bonchev–Trinajstić information content (AvgIpc) is 3.12. The van der Waals surface area contributed by atoms with Crippen LogP contribution in [0.5, 0.6) is 0 Å². The molecule has 0 saturated carbocycles. The number of unbranched alkanes of at least 4 members (excludes halogenated alkanes) is 16. The highest BCUT2D eigenvalue weighted by molar-refractivity contribution is 7.47. The van der Waals surface area contributed by atoms with Crippen molar-refractivity contribution in [3.63, 3.8) is 0 Å². The summed E-state index contributed by atoms with van der Waals surface area (Å²) in [6, 6.07) is -0.830. The van der Waals surface area contributed by atoms with Crippen molar-refractivity contribution in [2.24, 2.45) is 5.73 Å². The van der Waals surface area contributed by atoms with E-state index >= 15 is 0 Å². The summed E-state index contributed by atoms with van der Waals surface area (Å²) >= 11 is 0. The highest BCUT2D eigenvalue weighted by Gasteiger charge is 2.27. The minimum atomic E-state index is -4.34. The summed E-state index contributed by atoms with van der Waals surface area (Å²) in [6.45, 7) is 4.01. The largest absolute Gasteiger partial charge is 0.472 e. The van der Waals surface area contributed by atoms with Crippen LogP contribution in [0.3, 0.4) is 0 Å². The van der Waals surface area contributed by atoms with E-state index in [1.54, 1.807) is 6.08 Å². The van der Waals surface area contributed by atoms with Gasteiger partial charge in [-0.25, -0.2) is 4.57 Å². The van der Waals surface area contributed by atoms with E-state index in [0.717, 1.165) is 44.9 Å². The zero-order valence-electron chi connectivity index (χ0n) is 32.6. The van der Waals surface area contributed by atoms with Crippen LogP contribution in [0.2, 0.25) is 0 Å². The first-order valence-corrected chi connectivity index (χ1v) is 21.9. The number of phosphoric acid groups is 1. The van der Waals surface area contributed by atoms with E-state index in [1.165, 1.54) is 89.9 Å². The summed E-state index contributed by atoms with van der Waals surface area (Å²) < 4.78 is 22.1. The van der Waals surface area contributed by atoms with Crippen molar-refractivity contribution >= 4 is 13.7 Å². The van der Waals surface area contributed by atoms with Crippen molar-refractivity contribution in [1.82, 2.24) is 5.32 Å². The predicted octanol–water partition coefficient (Wildman–Crippen LogP) is 11.1. The maximum Gasteiger partial charge on any atom is 0.472 e. The molecule has 0 aromatic rings. The molecule has 0 bridgehead atoms. The van der Waals surface area contributed by atoms with Gasteiger partial charge in [0.2, 0.25) is 5.91 Å². The van der Waals surface area contributed by atoms with Crippen LogP contribution in [0.4, 0.5) is 0 Å². The second-order valence-corrected chi connectivity index (χ2v) is 14.9. The van der Waals surface area contributed by atoms with Gasteiger partial charge < -0.3 is 21.1 Å². The number of nitrogens with one attached hydrogen (secondary N) is 1. The van der Waals surface area contributed by atoms with E-state index in [2.05, 4.69) is 67.8 Å². The van der Waals surface area contributed by atoms with Crippen LogP contribution in [0.1, 0.15) is 168 Å². The molecule has 0 fully saturated rings. The predicted molar refractivity (Wildman–Crippen MR) is 217 cm³/mol. The van der Waals surface area contributed by atoms with Gasteiger partial charge in [0.15, 0.2) is 0 Å². The Morgan fingerprint density at radius 2 is 1.06 bits per heavy atom. The smallest absolute Gasteiger partial charge is 0.391 e. The molecule has 1 amide bonds. The lowest BCUT2D eigenvalue weighted by molar-refractivity contribution is -0.122. The molecule has 9 heteroatoms. The Hall–Kier alpha value is -1.80. The number of hydrogen-bond donors (Lipinski definition) is 4. The fourth-order valence-electron chi connectivity index (χ4n) is 5.62. The first-order chi connectivity index (χ1) is 24.9. The number of rotatable bonds is 37. The lowest BCUT2D eigenvalue weighted by Crippen LogP contribution is -2.46. The Kier molecular flexibility index (Phi) is 36.6. The fourth-order valence-corrected chi connectivity index (χ4v) is 6.37. The second kappa shape index (κ2) is 37.9. The van der Waals surface area contributed by atoms with Gasteiger partial charge in [-0.2, -0.15) is 0 Å². The highest BCUT2D eigenvalue weighted by Crippen LogP contribution is 2.43. The van der Waals surface area contributed by atoms with Gasteiger partial charge >= 0.3 is 7.82 Å². The van der Waals surface area contributed by atoms with Crippen molar-refractivity contribution in [1.29, 1.82) is 0 Å². The molecule has 0 aliphatic rings. The van der Waals surface area contributed by atoms with Crippen LogP contribution in [-0.2, 0) is 18.4 Å². The Balaban J connectivity index is 4.34. The van der Waals surface area contributed by atoms with Crippen LogP contribution in [-0.4, -0.2) is 47.8 Å². The average molecular weight is 737 g/mol. The van der Waals surface area contributed by atoms with Crippen molar-refractivity contribution in [3.8, 4) is 0 Å². The molecule has 8 nitrogen and oxygen atoms in total. The SMILES string of the molecule is CC/C=C\C/C=C\C/C=C\C/C=C\C/C=C\CC(=O)NC(COP(=O)(O)OCCN)C(O)CCCCCCCCCCCCCCCCCCC. The van der Waals surface area contributed by atoms with Gasteiger partial charge in [0.25, 0.3) is 0 Å². The number of allylic oxidation sites excluding steroid dienone is 9. The maximum atomic E-state index is 12.7. The summed E-state index contributed by atoms with van der Waals surface area (Å²) in [5.74, 6) is -0.290. The van der Waals surface area contributed by atoms with E-state index < -0.39 is 20.0 Å². The van der Waals surface area contributed by atoms with Gasteiger partial charge in [0.1, 0.15) is 0 Å². The molecule has 0 spiro atoms. The van der Waals surface area contributed by atoms with Gasteiger partial charge in [-0.3, -0.25) is 13.8 Å². The van der Waals surface area contributed by atoms with E-state index in [0.29, 0.717) is 12.8 Å². The maximum absolute atomic E-state index is 12.7. The van der Waals surface area contributed by atoms with Gasteiger partial charge in [0, 0.05) is 13.0 Å². The zero-order chi connectivity index (χ0) is 37.5. The Morgan fingerprint density at radius 3 is 1.49 bits per heavy atom. The summed E-state index contributed by atoms with van der Waals surface area (Å²) in [6.07, 6.45) is 46.8. The van der Waals surface area contributed by atoms with Gasteiger partial charge in [-0.1, -0.05) is 184 Å². The molecule has 296 valence electrons. The van der Waals surface area contributed by atoms with Gasteiger partial charge in [-0.15, -0.1) is 0 Å². The lowest BCUT2D eigenvalue weighted by atomic mass is 10.0. The number of carbonyl (C=O) groups excluding carboxylic acids is 1. The van der Waals surface area contributed by atoms with Crippen LogP contribution in [0.25, 0.3) is 0 Å². The Labute approximate surface area is 313 Å². The van der Waals surface area contributed by atoms with Crippen LogP contribution < -0.4 is 11.1 Å². The minimum Gasteiger partial charge on any atom is -0.391 e. The van der Waals surface area contributed by atoms with Gasteiger partial charge in [-0.05, 0) is 38.5 Å². The molecule has 51 heavy (non-hydrogen) atoms.